The molecule has 3 aromatic carbocycles. The predicted octanol–water partition coefficient (Wildman–Crippen LogP) is 4.62. The van der Waals surface area contributed by atoms with Crippen LogP contribution in [0.5, 0.6) is 23.0 Å². The summed E-state index contributed by atoms with van der Waals surface area (Å²) in [5.41, 5.74) is 3.07. The molecule has 0 saturated carbocycles. The third-order valence-corrected chi connectivity index (χ3v) is 5.06. The molecule has 1 aromatic heterocycles. The van der Waals surface area contributed by atoms with Gasteiger partial charge in [-0.05, 0) is 42.0 Å². The van der Waals surface area contributed by atoms with Gasteiger partial charge in [-0.15, -0.1) is 0 Å². The Labute approximate surface area is 173 Å². The minimum absolute atomic E-state index is 0.0917. The molecule has 0 aliphatic heterocycles. The van der Waals surface area contributed by atoms with E-state index in [0.717, 1.165) is 22.0 Å². The highest BCUT2D eigenvalue weighted by molar-refractivity contribution is 6.03. The number of ketones is 1. The Bertz CT molecular complexity index is 1210. The van der Waals surface area contributed by atoms with Gasteiger partial charge >= 0.3 is 0 Å². The number of aromatic nitrogens is 1. The average Bonchev–Trinajstić information content (AvgIpc) is 3.12. The zero-order chi connectivity index (χ0) is 21.3. The van der Waals surface area contributed by atoms with Crippen molar-refractivity contribution in [2.24, 2.45) is 0 Å². The number of phenolic OH excluding ortho intramolecular Hbond substituents is 2. The molecule has 4 rings (SSSR count). The maximum absolute atomic E-state index is 12.9. The van der Waals surface area contributed by atoms with E-state index in [0.29, 0.717) is 17.1 Å². The first kappa shape index (κ1) is 19.4. The fraction of sp³-hybridized carbons (Fsp3) is 0.125. The average molecular weight is 403 g/mol. The minimum atomic E-state index is -0.0917. The number of carbonyl (C=O) groups excluding carboxylic acids is 1. The number of fused-ring (bicyclic) bond motifs is 1. The van der Waals surface area contributed by atoms with Crippen LogP contribution in [0, 0.1) is 0 Å². The largest absolute Gasteiger partial charge is 0.508 e. The van der Waals surface area contributed by atoms with Crippen LogP contribution in [-0.2, 0) is 6.54 Å². The smallest absolute Gasteiger partial charge is 0.182 e. The fourth-order valence-corrected chi connectivity index (χ4v) is 3.53. The molecule has 0 amide bonds. The Hall–Kier alpha value is -3.93. The summed E-state index contributed by atoms with van der Waals surface area (Å²) >= 11 is 0. The molecule has 0 fully saturated rings. The first-order chi connectivity index (χ1) is 14.5. The second kappa shape index (κ2) is 7.83. The first-order valence-electron chi connectivity index (χ1n) is 9.36. The predicted molar refractivity (Wildman–Crippen MR) is 115 cm³/mol. The van der Waals surface area contributed by atoms with Crippen molar-refractivity contribution in [3.8, 4) is 34.1 Å². The standard InChI is InChI=1S/C24H21NO5/c1-29-19-11-21-24(23(12-19)30-2)20(15-3-7-17(26)8-4-15)13-25(21)14-22(28)16-5-9-18(27)10-6-16/h3-13,26-27H,14H2,1-2H3. The van der Waals surface area contributed by atoms with Crippen molar-refractivity contribution >= 4 is 16.7 Å². The third kappa shape index (κ3) is 3.55. The highest BCUT2D eigenvalue weighted by Crippen LogP contribution is 2.40. The van der Waals surface area contributed by atoms with E-state index in [9.17, 15) is 15.0 Å². The van der Waals surface area contributed by atoms with Gasteiger partial charge in [0.05, 0.1) is 26.3 Å². The number of phenols is 2. The van der Waals surface area contributed by atoms with Crippen molar-refractivity contribution in [1.82, 2.24) is 4.57 Å². The van der Waals surface area contributed by atoms with Crippen molar-refractivity contribution in [3.63, 3.8) is 0 Å². The highest BCUT2D eigenvalue weighted by Gasteiger charge is 2.18. The van der Waals surface area contributed by atoms with E-state index in [1.807, 2.05) is 29.0 Å². The molecular formula is C24H21NO5. The molecule has 0 aliphatic rings. The van der Waals surface area contributed by atoms with E-state index in [1.165, 1.54) is 12.1 Å². The quantitative estimate of drug-likeness (QED) is 0.459. The van der Waals surface area contributed by atoms with Gasteiger partial charge in [0.15, 0.2) is 5.78 Å². The van der Waals surface area contributed by atoms with Gasteiger partial charge in [0.25, 0.3) is 0 Å². The molecule has 1 heterocycles. The maximum atomic E-state index is 12.9. The number of benzene rings is 3. The summed E-state index contributed by atoms with van der Waals surface area (Å²) in [5, 5.41) is 20.0. The number of aromatic hydroxyl groups is 2. The summed E-state index contributed by atoms with van der Waals surface area (Å²) < 4.78 is 12.9. The van der Waals surface area contributed by atoms with Crippen LogP contribution in [0.1, 0.15) is 10.4 Å². The number of nitrogens with zero attached hydrogens (tertiary/aromatic N) is 1. The van der Waals surface area contributed by atoms with Gasteiger partial charge in [-0.3, -0.25) is 4.79 Å². The monoisotopic (exact) mass is 403 g/mol. The number of Topliss-reactive ketones (excluding diaryl/α,β-unsaturated/α-hetero) is 1. The van der Waals surface area contributed by atoms with Crippen molar-refractivity contribution < 1.29 is 24.5 Å². The third-order valence-electron chi connectivity index (χ3n) is 5.06. The first-order valence-corrected chi connectivity index (χ1v) is 9.36. The number of methoxy groups -OCH3 is 2. The Morgan fingerprint density at radius 1 is 0.900 bits per heavy atom. The molecule has 0 saturated heterocycles. The molecule has 0 radical (unpaired) electrons. The van der Waals surface area contributed by atoms with E-state index in [2.05, 4.69) is 0 Å². The van der Waals surface area contributed by atoms with Gasteiger partial charge in [-0.1, -0.05) is 12.1 Å². The summed E-state index contributed by atoms with van der Waals surface area (Å²) in [6.07, 6.45) is 1.90. The van der Waals surface area contributed by atoms with Gasteiger partial charge in [0, 0.05) is 34.8 Å². The lowest BCUT2D eigenvalue weighted by atomic mass is 10.0. The van der Waals surface area contributed by atoms with Crippen molar-refractivity contribution in [2.75, 3.05) is 14.2 Å². The zero-order valence-corrected chi connectivity index (χ0v) is 16.6. The van der Waals surface area contributed by atoms with Crippen LogP contribution in [-0.4, -0.2) is 34.8 Å². The zero-order valence-electron chi connectivity index (χ0n) is 16.6. The van der Waals surface area contributed by atoms with Crippen LogP contribution in [0.15, 0.2) is 66.9 Å². The Morgan fingerprint density at radius 2 is 1.53 bits per heavy atom. The highest BCUT2D eigenvalue weighted by atomic mass is 16.5. The molecule has 0 unspecified atom stereocenters. The lowest BCUT2D eigenvalue weighted by Gasteiger charge is -2.10. The van der Waals surface area contributed by atoms with Crippen LogP contribution >= 0.6 is 0 Å². The molecule has 0 aliphatic carbocycles. The molecule has 30 heavy (non-hydrogen) atoms. The van der Waals surface area contributed by atoms with Crippen LogP contribution < -0.4 is 9.47 Å². The minimum Gasteiger partial charge on any atom is -0.508 e. The molecule has 0 bridgehead atoms. The summed E-state index contributed by atoms with van der Waals surface area (Å²) in [6.45, 7) is 0.107. The fourth-order valence-electron chi connectivity index (χ4n) is 3.53. The van der Waals surface area contributed by atoms with E-state index in [1.54, 1.807) is 44.6 Å². The summed E-state index contributed by atoms with van der Waals surface area (Å²) in [4.78, 5) is 12.9. The number of rotatable bonds is 6. The van der Waals surface area contributed by atoms with Crippen molar-refractivity contribution in [3.05, 3.63) is 72.4 Å². The number of hydrogen-bond acceptors (Lipinski definition) is 5. The van der Waals surface area contributed by atoms with E-state index in [-0.39, 0.29) is 23.8 Å². The van der Waals surface area contributed by atoms with Crippen LogP contribution in [0.3, 0.4) is 0 Å². The van der Waals surface area contributed by atoms with E-state index >= 15 is 0 Å². The normalized spacial score (nSPS) is 10.9. The van der Waals surface area contributed by atoms with Crippen molar-refractivity contribution in [1.29, 1.82) is 0 Å². The summed E-state index contributed by atoms with van der Waals surface area (Å²) in [7, 11) is 3.17. The van der Waals surface area contributed by atoms with Gasteiger partial charge in [0.1, 0.15) is 23.0 Å². The van der Waals surface area contributed by atoms with E-state index < -0.39 is 0 Å². The van der Waals surface area contributed by atoms with Gasteiger partial charge in [-0.25, -0.2) is 0 Å². The van der Waals surface area contributed by atoms with E-state index in [4.69, 9.17) is 9.47 Å². The summed E-state index contributed by atoms with van der Waals surface area (Å²) in [5.74, 6) is 1.45. The number of ether oxygens (including phenoxy) is 2. The molecule has 0 spiro atoms. The van der Waals surface area contributed by atoms with Crippen LogP contribution in [0.2, 0.25) is 0 Å². The Balaban J connectivity index is 1.87. The number of hydrogen-bond donors (Lipinski definition) is 2. The van der Waals surface area contributed by atoms with Gasteiger partial charge < -0.3 is 24.3 Å². The van der Waals surface area contributed by atoms with Crippen molar-refractivity contribution in [2.45, 2.75) is 6.54 Å². The van der Waals surface area contributed by atoms with Gasteiger partial charge in [0.2, 0.25) is 0 Å². The molecule has 0 atom stereocenters. The second-order valence-corrected chi connectivity index (χ2v) is 6.91. The van der Waals surface area contributed by atoms with Crippen LogP contribution in [0.4, 0.5) is 0 Å². The lowest BCUT2D eigenvalue weighted by Crippen LogP contribution is -2.09. The van der Waals surface area contributed by atoms with Gasteiger partial charge in [-0.2, -0.15) is 0 Å². The molecule has 4 aromatic rings. The van der Waals surface area contributed by atoms with Crippen LogP contribution in [0.25, 0.3) is 22.0 Å². The second-order valence-electron chi connectivity index (χ2n) is 6.91. The maximum Gasteiger partial charge on any atom is 0.182 e. The topological polar surface area (TPSA) is 80.9 Å². The molecular weight excluding hydrogens is 382 g/mol. The summed E-state index contributed by atoms with van der Waals surface area (Å²) in [6, 6.07) is 16.7. The lowest BCUT2D eigenvalue weighted by molar-refractivity contribution is 0.0973. The SMILES string of the molecule is COc1cc(OC)c2c(-c3ccc(O)cc3)cn(CC(=O)c3ccc(O)cc3)c2c1. The molecule has 6 nitrogen and oxygen atoms in total. The molecule has 6 heteroatoms. The Morgan fingerprint density at radius 3 is 2.13 bits per heavy atom. The molecule has 152 valence electrons. The molecule has 2 N–H and O–H groups in total. The Kier molecular flexibility index (Phi) is 5.06. The number of carbonyl (C=O) groups is 1.